The average Bonchev–Trinajstić information content (AvgIpc) is 3.47. The van der Waals surface area contributed by atoms with Gasteiger partial charge in [-0.05, 0) is 113 Å². The number of hydrogen-bond donors (Lipinski definition) is 0. The summed E-state index contributed by atoms with van der Waals surface area (Å²) in [5.74, 6) is 0. The molecule has 1 aliphatic carbocycles. The second-order valence-electron chi connectivity index (χ2n) is 18.0. The van der Waals surface area contributed by atoms with Gasteiger partial charge in [-0.3, -0.25) is 0 Å². The Morgan fingerprint density at radius 2 is 1.06 bits per heavy atom. The Morgan fingerprint density at radius 1 is 0.490 bits per heavy atom. The van der Waals surface area contributed by atoms with Gasteiger partial charge in [0.15, 0.2) is 0 Å². The van der Waals surface area contributed by atoms with Crippen molar-refractivity contribution in [3.63, 3.8) is 0 Å². The number of fused-ring (bicyclic) bond motifs is 6. The van der Waals surface area contributed by atoms with Crippen LogP contribution >= 0.6 is 0 Å². The number of nitrogens with zero attached hydrogens (tertiary/aromatic N) is 1. The van der Waals surface area contributed by atoms with Gasteiger partial charge in [0.25, 0.3) is 0 Å². The molecule has 2 aliphatic rings. The zero-order valence-corrected chi connectivity index (χ0v) is 33.1. The van der Waals surface area contributed by atoms with Gasteiger partial charge in [0.05, 0.1) is 0 Å². The van der Waals surface area contributed by atoms with Crippen molar-refractivity contribution >= 4 is 35.5 Å². The standard InChI is InChI=1S/C49H51NSi/c1-47(2,3)34-28-41-38-26-24-36(30-42(38)49(7,8)46(41)43(29-34)48(4,5)6)50(35-22-20-33(21-23-35)32-16-12-11-13-17-32)37-25-27-40-39-18-14-15-19-44(39)51(9,10)45(40)31-37/h11-31H,1-10H3. The molecule has 6 aromatic carbocycles. The van der Waals surface area contributed by atoms with Crippen molar-refractivity contribution in [2.24, 2.45) is 0 Å². The zero-order chi connectivity index (χ0) is 36.1. The lowest BCUT2D eigenvalue weighted by Crippen LogP contribution is -2.49. The summed E-state index contributed by atoms with van der Waals surface area (Å²) in [4.78, 5) is 2.49. The molecule has 1 nitrogen and oxygen atoms in total. The fourth-order valence-electron chi connectivity index (χ4n) is 8.82. The second-order valence-corrected chi connectivity index (χ2v) is 22.3. The Balaban J connectivity index is 1.31. The fraction of sp³-hybridized carbons (Fsp3) is 0.265. The highest BCUT2D eigenvalue weighted by Gasteiger charge is 2.42. The molecule has 1 aliphatic heterocycles. The van der Waals surface area contributed by atoms with Crippen LogP contribution in [-0.4, -0.2) is 8.07 Å². The van der Waals surface area contributed by atoms with Crippen LogP contribution < -0.4 is 15.3 Å². The lowest BCUT2D eigenvalue weighted by atomic mass is 9.71. The van der Waals surface area contributed by atoms with Gasteiger partial charge in [0.2, 0.25) is 0 Å². The average molecular weight is 682 g/mol. The summed E-state index contributed by atoms with van der Waals surface area (Å²) in [7, 11) is -1.87. The molecule has 0 saturated heterocycles. The molecule has 6 aromatic rings. The summed E-state index contributed by atoms with van der Waals surface area (Å²) in [5, 5.41) is 3.06. The van der Waals surface area contributed by atoms with Gasteiger partial charge in [0, 0.05) is 22.5 Å². The van der Waals surface area contributed by atoms with Crippen LogP contribution in [0.15, 0.2) is 127 Å². The molecular formula is C49H51NSi. The molecular weight excluding hydrogens is 631 g/mol. The van der Waals surface area contributed by atoms with Crippen LogP contribution in [0, 0.1) is 0 Å². The monoisotopic (exact) mass is 681 g/mol. The quantitative estimate of drug-likeness (QED) is 0.167. The molecule has 51 heavy (non-hydrogen) atoms. The fourth-order valence-corrected chi connectivity index (χ4v) is 11.9. The lowest BCUT2D eigenvalue weighted by Gasteiger charge is -2.33. The molecule has 1 heterocycles. The molecule has 0 aromatic heterocycles. The van der Waals surface area contributed by atoms with Crippen molar-refractivity contribution in [2.45, 2.75) is 84.7 Å². The predicted molar refractivity (Wildman–Crippen MR) is 224 cm³/mol. The number of anilines is 3. The van der Waals surface area contributed by atoms with Crippen molar-refractivity contribution in [3.8, 4) is 33.4 Å². The van der Waals surface area contributed by atoms with Crippen LogP contribution in [-0.2, 0) is 16.2 Å². The van der Waals surface area contributed by atoms with Crippen LogP contribution in [0.1, 0.15) is 77.6 Å². The van der Waals surface area contributed by atoms with E-state index in [0.29, 0.717) is 0 Å². The maximum Gasteiger partial charge on any atom is 0.113 e. The van der Waals surface area contributed by atoms with E-state index in [1.807, 2.05) is 0 Å². The number of rotatable bonds is 4. The van der Waals surface area contributed by atoms with Crippen LogP contribution in [0.3, 0.4) is 0 Å². The molecule has 0 bridgehead atoms. The van der Waals surface area contributed by atoms with Gasteiger partial charge >= 0.3 is 0 Å². The maximum absolute atomic E-state index is 2.51. The Labute approximate surface area is 307 Å². The van der Waals surface area contributed by atoms with Crippen molar-refractivity contribution in [2.75, 3.05) is 4.90 Å². The Kier molecular flexibility index (Phi) is 7.50. The molecule has 0 spiro atoms. The van der Waals surface area contributed by atoms with Crippen molar-refractivity contribution in [1.29, 1.82) is 0 Å². The SMILES string of the molecule is CC(C)(C)c1cc2c(c(C(C)(C)C)c1)C(C)(C)c1cc(N(c3ccc(-c4ccccc4)cc3)c3ccc4c(c3)[Si](C)(C)c3ccccc3-4)ccc1-2. The largest absolute Gasteiger partial charge is 0.310 e. The molecule has 0 atom stereocenters. The summed E-state index contributed by atoms with van der Waals surface area (Å²) >= 11 is 0. The smallest absolute Gasteiger partial charge is 0.113 e. The van der Waals surface area contributed by atoms with Crippen LogP contribution in [0.4, 0.5) is 17.1 Å². The third kappa shape index (κ3) is 5.33. The minimum Gasteiger partial charge on any atom is -0.310 e. The minimum atomic E-state index is -1.87. The van der Waals surface area contributed by atoms with Gasteiger partial charge < -0.3 is 4.90 Å². The van der Waals surface area contributed by atoms with Crippen molar-refractivity contribution in [3.05, 3.63) is 150 Å². The van der Waals surface area contributed by atoms with Crippen LogP contribution in [0.2, 0.25) is 13.1 Å². The van der Waals surface area contributed by atoms with Gasteiger partial charge in [0.1, 0.15) is 8.07 Å². The first-order chi connectivity index (χ1) is 24.1. The van der Waals surface area contributed by atoms with E-state index in [0.717, 1.165) is 0 Å². The van der Waals surface area contributed by atoms with E-state index in [1.54, 1.807) is 0 Å². The van der Waals surface area contributed by atoms with Crippen molar-refractivity contribution in [1.82, 2.24) is 0 Å². The third-order valence-electron chi connectivity index (χ3n) is 11.7. The van der Waals surface area contributed by atoms with E-state index in [1.165, 1.54) is 83.1 Å². The summed E-state index contributed by atoms with van der Waals surface area (Å²) < 4.78 is 0. The van der Waals surface area contributed by atoms with E-state index in [-0.39, 0.29) is 16.2 Å². The van der Waals surface area contributed by atoms with E-state index >= 15 is 0 Å². The van der Waals surface area contributed by atoms with Gasteiger partial charge in [-0.25, -0.2) is 0 Å². The Hall–Kier alpha value is -4.66. The van der Waals surface area contributed by atoms with Crippen LogP contribution in [0.25, 0.3) is 33.4 Å². The lowest BCUT2D eigenvalue weighted by molar-refractivity contribution is 0.545. The second kappa shape index (κ2) is 11.4. The summed E-state index contributed by atoms with van der Waals surface area (Å²) in [6, 6.07) is 48.4. The molecule has 0 N–H and O–H groups in total. The first-order valence-electron chi connectivity index (χ1n) is 18.6. The minimum absolute atomic E-state index is 0.0265. The Bertz CT molecular complexity index is 2310. The highest BCUT2D eigenvalue weighted by molar-refractivity contribution is 7.03. The predicted octanol–water partition coefficient (Wildman–Crippen LogP) is 12.5. The normalized spacial score (nSPS) is 15.2. The molecule has 0 amide bonds. The number of benzene rings is 6. The molecule has 0 fully saturated rings. The molecule has 0 saturated carbocycles. The molecule has 0 unspecified atom stereocenters. The van der Waals surface area contributed by atoms with E-state index in [2.05, 4.69) is 201 Å². The molecule has 0 radical (unpaired) electrons. The molecule has 2 heteroatoms. The molecule has 8 rings (SSSR count). The topological polar surface area (TPSA) is 3.24 Å². The first kappa shape index (κ1) is 33.5. The first-order valence-corrected chi connectivity index (χ1v) is 21.6. The van der Waals surface area contributed by atoms with Gasteiger partial charge in [-0.15, -0.1) is 0 Å². The maximum atomic E-state index is 2.51. The van der Waals surface area contributed by atoms with Crippen LogP contribution in [0.5, 0.6) is 0 Å². The number of hydrogen-bond acceptors (Lipinski definition) is 1. The Morgan fingerprint density at radius 3 is 1.73 bits per heavy atom. The summed E-state index contributed by atoms with van der Waals surface area (Å²) in [6.45, 7) is 24.0. The van der Waals surface area contributed by atoms with E-state index in [4.69, 9.17) is 0 Å². The molecule has 256 valence electrons. The van der Waals surface area contributed by atoms with Crippen molar-refractivity contribution < 1.29 is 0 Å². The third-order valence-corrected chi connectivity index (χ3v) is 15.3. The zero-order valence-electron chi connectivity index (χ0n) is 32.1. The summed E-state index contributed by atoms with van der Waals surface area (Å²) in [6.07, 6.45) is 0. The van der Waals surface area contributed by atoms with Gasteiger partial charge in [-0.2, -0.15) is 0 Å². The van der Waals surface area contributed by atoms with E-state index in [9.17, 15) is 0 Å². The highest BCUT2D eigenvalue weighted by atomic mass is 28.3. The van der Waals surface area contributed by atoms with Gasteiger partial charge in [-0.1, -0.05) is 159 Å². The van der Waals surface area contributed by atoms with E-state index < -0.39 is 8.07 Å². The summed E-state index contributed by atoms with van der Waals surface area (Å²) in [5.41, 5.74) is 17.3. The highest BCUT2D eigenvalue weighted by Crippen LogP contribution is 2.54.